The zero-order chi connectivity index (χ0) is 15.7. The third-order valence-electron chi connectivity index (χ3n) is 3.66. The number of nitrogens with zero attached hydrogens (tertiary/aromatic N) is 5. The van der Waals surface area contributed by atoms with Crippen LogP contribution < -0.4 is 15.4 Å². The quantitative estimate of drug-likeness (QED) is 0.802. The topological polar surface area (TPSA) is 54.3 Å². The maximum absolute atomic E-state index is 13.9. The molecule has 8 heteroatoms. The highest BCUT2D eigenvalue weighted by molar-refractivity contribution is 9.10. The van der Waals surface area contributed by atoms with E-state index in [2.05, 4.69) is 25.9 Å². The Morgan fingerprint density at radius 1 is 1.14 bits per heavy atom. The lowest BCUT2D eigenvalue weighted by molar-refractivity contribution is 0.585. The second-order valence-corrected chi connectivity index (χ2v) is 6.04. The van der Waals surface area contributed by atoms with Crippen molar-refractivity contribution in [3.63, 3.8) is 0 Å². The van der Waals surface area contributed by atoms with E-state index >= 15 is 0 Å². The normalized spacial score (nSPS) is 15.2. The highest BCUT2D eigenvalue weighted by Gasteiger charge is 2.21. The smallest absolute Gasteiger partial charge is 0.255 e. The van der Waals surface area contributed by atoms with Crippen LogP contribution in [0.15, 0.2) is 33.9 Å². The van der Waals surface area contributed by atoms with Crippen molar-refractivity contribution in [2.75, 3.05) is 36.0 Å². The highest BCUT2D eigenvalue weighted by atomic mass is 79.9. The van der Waals surface area contributed by atoms with Crippen molar-refractivity contribution in [1.82, 2.24) is 14.5 Å². The lowest BCUT2D eigenvalue weighted by Gasteiger charge is -2.36. The van der Waals surface area contributed by atoms with Gasteiger partial charge in [-0.25, -0.2) is 14.4 Å². The minimum atomic E-state index is -0.338. The molecule has 0 spiro atoms. The molecule has 0 radical (unpaired) electrons. The second kappa shape index (κ2) is 6.04. The van der Waals surface area contributed by atoms with Gasteiger partial charge >= 0.3 is 0 Å². The van der Waals surface area contributed by atoms with Gasteiger partial charge in [0, 0.05) is 50.0 Å². The van der Waals surface area contributed by atoms with E-state index in [1.807, 2.05) is 9.80 Å². The van der Waals surface area contributed by atoms with Gasteiger partial charge in [-0.15, -0.1) is 0 Å². The van der Waals surface area contributed by atoms with E-state index in [1.165, 1.54) is 23.0 Å². The molecule has 0 bridgehead atoms. The monoisotopic (exact) mass is 367 g/mol. The van der Waals surface area contributed by atoms with E-state index in [9.17, 15) is 9.18 Å². The first kappa shape index (κ1) is 15.0. The van der Waals surface area contributed by atoms with Gasteiger partial charge in [0.15, 0.2) is 11.6 Å². The number of rotatable bonds is 2. The molecule has 0 aliphatic carbocycles. The molecule has 3 heterocycles. The van der Waals surface area contributed by atoms with Crippen molar-refractivity contribution in [3.8, 4) is 0 Å². The van der Waals surface area contributed by atoms with Crippen LogP contribution in [0.3, 0.4) is 0 Å². The van der Waals surface area contributed by atoms with Gasteiger partial charge in [-0.05, 0) is 22.0 Å². The van der Waals surface area contributed by atoms with Crippen molar-refractivity contribution in [2.24, 2.45) is 7.05 Å². The van der Waals surface area contributed by atoms with Crippen LogP contribution in [0.5, 0.6) is 0 Å². The minimum absolute atomic E-state index is 0.0898. The summed E-state index contributed by atoms with van der Waals surface area (Å²) < 4.78 is 16.0. The van der Waals surface area contributed by atoms with Gasteiger partial charge < -0.3 is 14.4 Å². The van der Waals surface area contributed by atoms with E-state index in [0.29, 0.717) is 42.3 Å². The van der Waals surface area contributed by atoms with Crippen molar-refractivity contribution >= 4 is 27.6 Å². The van der Waals surface area contributed by atoms with Gasteiger partial charge in [0.25, 0.3) is 5.56 Å². The van der Waals surface area contributed by atoms with Crippen LogP contribution in [0.25, 0.3) is 0 Å². The maximum Gasteiger partial charge on any atom is 0.255 e. The zero-order valence-electron chi connectivity index (χ0n) is 12.0. The second-order valence-electron chi connectivity index (χ2n) is 5.13. The van der Waals surface area contributed by atoms with Crippen LogP contribution in [-0.4, -0.2) is 40.7 Å². The number of hydrogen-bond acceptors (Lipinski definition) is 5. The predicted molar refractivity (Wildman–Crippen MR) is 85.8 cm³/mol. The molecule has 0 unspecified atom stereocenters. The van der Waals surface area contributed by atoms with Crippen LogP contribution in [0.1, 0.15) is 0 Å². The Morgan fingerprint density at radius 2 is 1.82 bits per heavy atom. The summed E-state index contributed by atoms with van der Waals surface area (Å²) in [7, 11) is 1.67. The van der Waals surface area contributed by atoms with Crippen molar-refractivity contribution < 1.29 is 4.39 Å². The van der Waals surface area contributed by atoms with Gasteiger partial charge in [0.2, 0.25) is 0 Å². The molecule has 2 aromatic heterocycles. The number of hydrogen-bond donors (Lipinski definition) is 0. The molecule has 0 N–H and O–H groups in total. The van der Waals surface area contributed by atoms with Gasteiger partial charge in [-0.2, -0.15) is 0 Å². The number of aromatic nitrogens is 3. The van der Waals surface area contributed by atoms with Crippen molar-refractivity contribution in [1.29, 1.82) is 0 Å². The lowest BCUT2D eigenvalue weighted by atomic mass is 10.3. The van der Waals surface area contributed by atoms with Crippen molar-refractivity contribution in [2.45, 2.75) is 0 Å². The average Bonchev–Trinajstić information content (AvgIpc) is 2.50. The lowest BCUT2D eigenvalue weighted by Crippen LogP contribution is -2.47. The summed E-state index contributed by atoms with van der Waals surface area (Å²) in [4.78, 5) is 24.0. The van der Waals surface area contributed by atoms with Gasteiger partial charge in [0.1, 0.15) is 5.82 Å². The van der Waals surface area contributed by atoms with E-state index < -0.39 is 0 Å². The Hall–Kier alpha value is -1.96. The summed E-state index contributed by atoms with van der Waals surface area (Å²) in [5, 5.41) is 0. The predicted octanol–water partition coefficient (Wildman–Crippen LogP) is 1.40. The van der Waals surface area contributed by atoms with E-state index in [1.54, 1.807) is 13.2 Å². The maximum atomic E-state index is 13.9. The van der Waals surface area contributed by atoms with E-state index in [0.717, 1.165) is 0 Å². The first-order chi connectivity index (χ1) is 10.5. The molecule has 3 rings (SSSR count). The molecular formula is C14H15BrFN5O. The fourth-order valence-corrected chi connectivity index (χ4v) is 2.72. The summed E-state index contributed by atoms with van der Waals surface area (Å²) in [5.41, 5.74) is -0.0898. The summed E-state index contributed by atoms with van der Waals surface area (Å²) in [6, 6.07) is 2.94. The summed E-state index contributed by atoms with van der Waals surface area (Å²) in [6.07, 6.45) is 3.10. The van der Waals surface area contributed by atoms with Gasteiger partial charge in [0.05, 0.1) is 6.33 Å². The van der Waals surface area contributed by atoms with Gasteiger partial charge in [-0.1, -0.05) is 0 Å². The minimum Gasteiger partial charge on any atom is -0.353 e. The summed E-state index contributed by atoms with van der Waals surface area (Å²) in [6.45, 7) is 2.58. The van der Waals surface area contributed by atoms with E-state index in [4.69, 9.17) is 0 Å². The third kappa shape index (κ3) is 2.96. The first-order valence-electron chi connectivity index (χ1n) is 6.88. The standard InChI is InChI=1S/C14H15BrFN5O/c1-19-9-18-12(7-13(19)22)20-2-4-21(5-3-20)14-11(16)6-10(15)8-17-14/h6-9H,2-5H2,1H3. The third-order valence-corrected chi connectivity index (χ3v) is 4.09. The number of piperazine rings is 1. The van der Waals surface area contributed by atoms with Crippen LogP contribution in [0, 0.1) is 5.82 Å². The molecule has 22 heavy (non-hydrogen) atoms. The Labute approximate surface area is 135 Å². The molecule has 0 amide bonds. The molecule has 0 saturated carbocycles. The van der Waals surface area contributed by atoms with Crippen molar-refractivity contribution in [3.05, 3.63) is 45.3 Å². The largest absolute Gasteiger partial charge is 0.353 e. The zero-order valence-corrected chi connectivity index (χ0v) is 13.6. The molecule has 1 fully saturated rings. The number of pyridine rings is 1. The Balaban J connectivity index is 1.72. The fraction of sp³-hybridized carbons (Fsp3) is 0.357. The van der Waals surface area contributed by atoms with E-state index in [-0.39, 0.29) is 11.4 Å². The summed E-state index contributed by atoms with van der Waals surface area (Å²) in [5.74, 6) is 0.682. The highest BCUT2D eigenvalue weighted by Crippen LogP contribution is 2.22. The van der Waals surface area contributed by atoms with Crippen LogP contribution in [0.2, 0.25) is 0 Å². The molecule has 1 saturated heterocycles. The van der Waals surface area contributed by atoms with Crippen LogP contribution in [-0.2, 0) is 7.05 Å². The molecule has 116 valence electrons. The number of anilines is 2. The molecular weight excluding hydrogens is 353 g/mol. The first-order valence-corrected chi connectivity index (χ1v) is 7.67. The molecule has 0 atom stereocenters. The number of aryl methyl sites for hydroxylation is 1. The number of halogens is 2. The summed E-state index contributed by atoms with van der Waals surface area (Å²) >= 11 is 3.20. The molecule has 0 aromatic carbocycles. The average molecular weight is 368 g/mol. The molecule has 6 nitrogen and oxygen atoms in total. The molecule has 1 aliphatic heterocycles. The molecule has 1 aliphatic rings. The SMILES string of the molecule is Cn1cnc(N2CCN(c3ncc(Br)cc3F)CC2)cc1=O. The van der Waals surface area contributed by atoms with Gasteiger partial charge in [-0.3, -0.25) is 4.79 Å². The molecule has 2 aromatic rings. The Morgan fingerprint density at radius 3 is 2.45 bits per heavy atom. The Bertz CT molecular complexity index is 742. The Kier molecular flexibility index (Phi) is 4.10. The fourth-order valence-electron chi connectivity index (χ4n) is 2.41. The van der Waals surface area contributed by atoms with Crippen LogP contribution in [0.4, 0.5) is 16.0 Å². The van der Waals surface area contributed by atoms with Crippen LogP contribution >= 0.6 is 15.9 Å².